The van der Waals surface area contributed by atoms with Crippen LogP contribution in [0.5, 0.6) is 0 Å². The number of aliphatic hydroxyl groups excluding tert-OH is 1. The molecule has 0 bridgehead atoms. The van der Waals surface area contributed by atoms with Gasteiger partial charge in [0.2, 0.25) is 5.91 Å². The first kappa shape index (κ1) is 17.9. The van der Waals surface area contributed by atoms with Crippen LogP contribution in [0.2, 0.25) is 0 Å². The van der Waals surface area contributed by atoms with Gasteiger partial charge in [-0.15, -0.1) is 0 Å². The lowest BCUT2D eigenvalue weighted by atomic mass is 10.2. The van der Waals surface area contributed by atoms with Gasteiger partial charge in [-0.3, -0.25) is 9.69 Å². The summed E-state index contributed by atoms with van der Waals surface area (Å²) in [5.41, 5.74) is 1.22. The second-order valence-electron chi connectivity index (χ2n) is 6.12. The van der Waals surface area contributed by atoms with E-state index < -0.39 is 6.10 Å². The van der Waals surface area contributed by atoms with E-state index in [4.69, 9.17) is 4.74 Å². The molecule has 128 valence electrons. The highest BCUT2D eigenvalue weighted by molar-refractivity contribution is 5.77. The standard InChI is InChI=1S/C18H28N2O3/c1-2-3-11-23-15-18(22)20-10-9-19(13-17(21)14-20)12-16-7-5-4-6-8-16/h4-8,17,21H,2-3,9-15H2,1H3/t17-/m1/s1. The number of benzene rings is 1. The minimum absolute atomic E-state index is 0.0262. The van der Waals surface area contributed by atoms with Crippen LogP contribution in [-0.2, 0) is 16.1 Å². The van der Waals surface area contributed by atoms with Gasteiger partial charge in [0.15, 0.2) is 0 Å². The Hall–Kier alpha value is -1.43. The van der Waals surface area contributed by atoms with Crippen LogP contribution in [-0.4, -0.2) is 66.3 Å². The number of rotatable bonds is 7. The average Bonchev–Trinajstić information content (AvgIpc) is 2.74. The van der Waals surface area contributed by atoms with E-state index in [1.165, 1.54) is 5.56 Å². The first-order chi connectivity index (χ1) is 11.2. The van der Waals surface area contributed by atoms with Crippen molar-refractivity contribution < 1.29 is 14.6 Å². The first-order valence-electron chi connectivity index (χ1n) is 8.49. The second kappa shape index (κ2) is 9.65. The minimum atomic E-state index is -0.513. The molecule has 1 heterocycles. The summed E-state index contributed by atoms with van der Waals surface area (Å²) in [5.74, 6) is -0.0262. The Morgan fingerprint density at radius 1 is 1.26 bits per heavy atom. The number of hydrogen-bond donors (Lipinski definition) is 1. The Labute approximate surface area is 138 Å². The molecule has 2 rings (SSSR count). The van der Waals surface area contributed by atoms with Crippen molar-refractivity contribution in [1.29, 1.82) is 0 Å². The summed E-state index contributed by atoms with van der Waals surface area (Å²) in [5, 5.41) is 10.2. The SMILES string of the molecule is CCCCOCC(=O)N1CCN(Cc2ccccc2)C[C@@H](O)C1. The molecule has 1 amide bonds. The smallest absolute Gasteiger partial charge is 0.248 e. The van der Waals surface area contributed by atoms with E-state index >= 15 is 0 Å². The largest absolute Gasteiger partial charge is 0.390 e. The van der Waals surface area contributed by atoms with Gasteiger partial charge in [0.1, 0.15) is 6.61 Å². The molecule has 5 heteroatoms. The van der Waals surface area contributed by atoms with E-state index in [1.807, 2.05) is 18.2 Å². The number of carbonyl (C=O) groups excluding carboxylic acids is 1. The number of amides is 1. The van der Waals surface area contributed by atoms with Crippen molar-refractivity contribution in [3.63, 3.8) is 0 Å². The van der Waals surface area contributed by atoms with Crippen molar-refractivity contribution in [3.8, 4) is 0 Å². The van der Waals surface area contributed by atoms with Gasteiger partial charge in [0.25, 0.3) is 0 Å². The lowest BCUT2D eigenvalue weighted by Crippen LogP contribution is -2.39. The van der Waals surface area contributed by atoms with Gasteiger partial charge < -0.3 is 14.7 Å². The molecule has 0 unspecified atom stereocenters. The van der Waals surface area contributed by atoms with Gasteiger partial charge in [-0.05, 0) is 12.0 Å². The molecule has 0 aliphatic carbocycles. The zero-order chi connectivity index (χ0) is 16.5. The maximum atomic E-state index is 12.2. The molecule has 0 radical (unpaired) electrons. The Morgan fingerprint density at radius 3 is 2.78 bits per heavy atom. The van der Waals surface area contributed by atoms with Crippen LogP contribution < -0.4 is 0 Å². The molecule has 0 saturated carbocycles. The number of aliphatic hydroxyl groups is 1. The maximum Gasteiger partial charge on any atom is 0.248 e. The number of unbranched alkanes of at least 4 members (excludes halogenated alkanes) is 1. The average molecular weight is 320 g/mol. The third-order valence-corrected chi connectivity index (χ3v) is 4.06. The van der Waals surface area contributed by atoms with Crippen LogP contribution in [0.15, 0.2) is 30.3 Å². The fourth-order valence-electron chi connectivity index (χ4n) is 2.76. The van der Waals surface area contributed by atoms with E-state index in [1.54, 1.807) is 4.90 Å². The summed E-state index contributed by atoms with van der Waals surface area (Å²) in [6.45, 7) is 6.03. The van der Waals surface area contributed by atoms with Crippen LogP contribution in [0, 0.1) is 0 Å². The van der Waals surface area contributed by atoms with Crippen molar-refractivity contribution in [3.05, 3.63) is 35.9 Å². The molecular formula is C18H28N2O3. The van der Waals surface area contributed by atoms with Crippen molar-refractivity contribution in [2.75, 3.05) is 39.4 Å². The van der Waals surface area contributed by atoms with Crippen molar-refractivity contribution in [2.45, 2.75) is 32.4 Å². The van der Waals surface area contributed by atoms with Crippen LogP contribution in [0.3, 0.4) is 0 Å². The van der Waals surface area contributed by atoms with E-state index in [0.29, 0.717) is 26.2 Å². The fraction of sp³-hybridized carbons (Fsp3) is 0.611. The van der Waals surface area contributed by atoms with E-state index in [0.717, 1.165) is 25.9 Å². The highest BCUT2D eigenvalue weighted by Gasteiger charge is 2.24. The van der Waals surface area contributed by atoms with Crippen LogP contribution in [0.1, 0.15) is 25.3 Å². The van der Waals surface area contributed by atoms with E-state index in [-0.39, 0.29) is 12.5 Å². The van der Waals surface area contributed by atoms with Gasteiger partial charge >= 0.3 is 0 Å². The zero-order valence-electron chi connectivity index (χ0n) is 14.0. The summed E-state index contributed by atoms with van der Waals surface area (Å²) in [4.78, 5) is 16.1. The normalized spacial score (nSPS) is 19.6. The maximum absolute atomic E-state index is 12.2. The molecule has 1 aliphatic heterocycles. The van der Waals surface area contributed by atoms with E-state index in [2.05, 4.69) is 24.0 Å². The van der Waals surface area contributed by atoms with Crippen LogP contribution in [0.25, 0.3) is 0 Å². The lowest BCUT2D eigenvalue weighted by Gasteiger charge is -2.21. The van der Waals surface area contributed by atoms with Crippen LogP contribution in [0.4, 0.5) is 0 Å². The molecule has 5 nitrogen and oxygen atoms in total. The highest BCUT2D eigenvalue weighted by Crippen LogP contribution is 2.10. The molecule has 23 heavy (non-hydrogen) atoms. The molecule has 0 aromatic heterocycles. The van der Waals surface area contributed by atoms with Crippen molar-refractivity contribution in [1.82, 2.24) is 9.80 Å². The molecule has 1 saturated heterocycles. The second-order valence-corrected chi connectivity index (χ2v) is 6.12. The Morgan fingerprint density at radius 2 is 2.04 bits per heavy atom. The third kappa shape index (κ3) is 6.29. The number of ether oxygens (including phenoxy) is 1. The molecule has 0 spiro atoms. The van der Waals surface area contributed by atoms with Gasteiger partial charge in [-0.25, -0.2) is 0 Å². The quantitative estimate of drug-likeness (QED) is 0.774. The lowest BCUT2D eigenvalue weighted by molar-refractivity contribution is -0.137. The number of β-amino-alcohol motifs (C(OH)–C–C–N with tert-alkyl or cyclic N) is 1. The third-order valence-electron chi connectivity index (χ3n) is 4.06. The molecule has 1 aliphatic rings. The summed E-state index contributed by atoms with van der Waals surface area (Å²) < 4.78 is 5.40. The predicted molar refractivity (Wildman–Crippen MR) is 90.0 cm³/mol. The molecule has 1 aromatic carbocycles. The van der Waals surface area contributed by atoms with Gasteiger partial charge in [-0.1, -0.05) is 43.7 Å². The minimum Gasteiger partial charge on any atom is -0.390 e. The van der Waals surface area contributed by atoms with Crippen LogP contribution >= 0.6 is 0 Å². The Kier molecular flexibility index (Phi) is 7.52. The van der Waals surface area contributed by atoms with Crippen molar-refractivity contribution in [2.24, 2.45) is 0 Å². The van der Waals surface area contributed by atoms with Crippen molar-refractivity contribution >= 4 is 5.91 Å². The summed E-state index contributed by atoms with van der Waals surface area (Å²) in [6.07, 6.45) is 1.52. The van der Waals surface area contributed by atoms with E-state index in [9.17, 15) is 9.90 Å². The molecule has 1 aromatic rings. The fourth-order valence-corrected chi connectivity index (χ4v) is 2.76. The number of carbonyl (C=O) groups is 1. The zero-order valence-corrected chi connectivity index (χ0v) is 14.0. The summed E-state index contributed by atoms with van der Waals surface area (Å²) in [6, 6.07) is 10.2. The van der Waals surface area contributed by atoms with Gasteiger partial charge in [0.05, 0.1) is 6.10 Å². The Balaban J connectivity index is 1.81. The molecule has 1 atom stereocenters. The molecule has 1 fully saturated rings. The first-order valence-corrected chi connectivity index (χ1v) is 8.49. The number of hydrogen-bond acceptors (Lipinski definition) is 4. The predicted octanol–water partition coefficient (Wildman–Crippen LogP) is 1.51. The molecule has 1 N–H and O–H groups in total. The topological polar surface area (TPSA) is 53.0 Å². The molecular weight excluding hydrogens is 292 g/mol. The summed E-state index contributed by atoms with van der Waals surface area (Å²) in [7, 11) is 0. The highest BCUT2D eigenvalue weighted by atomic mass is 16.5. The number of nitrogens with zero attached hydrogens (tertiary/aromatic N) is 2. The van der Waals surface area contributed by atoms with Gasteiger partial charge in [-0.2, -0.15) is 0 Å². The monoisotopic (exact) mass is 320 g/mol. The summed E-state index contributed by atoms with van der Waals surface area (Å²) >= 11 is 0. The van der Waals surface area contributed by atoms with Gasteiger partial charge in [0, 0.05) is 39.3 Å². The Bertz CT molecular complexity index is 467.